The summed E-state index contributed by atoms with van der Waals surface area (Å²) in [5, 5.41) is 0. The van der Waals surface area contributed by atoms with Gasteiger partial charge in [-0.3, -0.25) is 0 Å². The van der Waals surface area contributed by atoms with Crippen LogP contribution in [0.1, 0.15) is 58.3 Å². The Morgan fingerprint density at radius 1 is 0.667 bits per heavy atom. The predicted molar refractivity (Wildman–Crippen MR) is 89.3 cm³/mol. The van der Waals surface area contributed by atoms with Gasteiger partial charge in [0.15, 0.2) is 16.6 Å². The van der Waals surface area contributed by atoms with Crippen LogP contribution in [0.15, 0.2) is 0 Å². The number of hydrogen-bond donors (Lipinski definition) is 0. The highest BCUT2D eigenvalue weighted by atomic mass is 28.4. The highest BCUT2D eigenvalue weighted by Crippen LogP contribution is 2.21. The van der Waals surface area contributed by atoms with Gasteiger partial charge in [0.25, 0.3) is 0 Å². The van der Waals surface area contributed by atoms with E-state index in [4.69, 9.17) is 4.12 Å². The maximum atomic E-state index is 6.36. The summed E-state index contributed by atoms with van der Waals surface area (Å²) >= 11 is 0. The van der Waals surface area contributed by atoms with Crippen molar-refractivity contribution in [1.29, 1.82) is 0 Å². The van der Waals surface area contributed by atoms with Crippen molar-refractivity contribution in [3.05, 3.63) is 0 Å². The molecule has 0 aliphatic rings. The zero-order valence-corrected chi connectivity index (χ0v) is 15.8. The second-order valence-electron chi connectivity index (χ2n) is 7.20. The molecule has 0 atom stereocenters. The predicted octanol–water partition coefficient (Wildman–Crippen LogP) is 6.18. The van der Waals surface area contributed by atoms with Crippen molar-refractivity contribution in [3.63, 3.8) is 0 Å². The normalized spacial score (nSPS) is 13.0. The van der Waals surface area contributed by atoms with Crippen LogP contribution < -0.4 is 0 Å². The van der Waals surface area contributed by atoms with Crippen molar-refractivity contribution in [3.8, 4) is 0 Å². The van der Waals surface area contributed by atoms with Crippen molar-refractivity contribution in [1.82, 2.24) is 0 Å². The zero-order valence-electron chi connectivity index (χ0n) is 13.8. The molecule has 110 valence electrons. The molecule has 0 N–H and O–H groups in total. The molecule has 18 heavy (non-hydrogen) atoms. The largest absolute Gasteiger partial charge is 0.456 e. The summed E-state index contributed by atoms with van der Waals surface area (Å²) in [4.78, 5) is 0. The van der Waals surface area contributed by atoms with Crippen molar-refractivity contribution < 1.29 is 4.12 Å². The van der Waals surface area contributed by atoms with Gasteiger partial charge < -0.3 is 4.12 Å². The van der Waals surface area contributed by atoms with Crippen LogP contribution in [0.25, 0.3) is 0 Å². The van der Waals surface area contributed by atoms with Crippen LogP contribution >= 0.6 is 0 Å². The van der Waals surface area contributed by atoms with E-state index in [1.807, 2.05) is 0 Å². The maximum Gasteiger partial charge on any atom is 0.173 e. The summed E-state index contributed by atoms with van der Waals surface area (Å²) < 4.78 is 6.36. The molecule has 0 amide bonds. The molecule has 0 spiro atoms. The molecule has 0 unspecified atom stereocenters. The summed E-state index contributed by atoms with van der Waals surface area (Å²) in [5.41, 5.74) is 0. The van der Waals surface area contributed by atoms with Crippen molar-refractivity contribution in [2.45, 2.75) is 97.1 Å². The Kier molecular flexibility index (Phi) is 9.53. The lowest BCUT2D eigenvalue weighted by molar-refractivity contribution is 0.534. The Bertz CT molecular complexity index is 197. The van der Waals surface area contributed by atoms with Crippen molar-refractivity contribution >= 4 is 16.6 Å². The van der Waals surface area contributed by atoms with Crippen LogP contribution in [-0.2, 0) is 4.12 Å². The highest BCUT2D eigenvalue weighted by molar-refractivity contribution is 6.84. The van der Waals surface area contributed by atoms with Crippen LogP contribution in [0, 0.1) is 0 Å². The molecule has 3 heteroatoms. The quantitative estimate of drug-likeness (QED) is 0.325. The first-order valence-electron chi connectivity index (χ1n) is 7.97. The first kappa shape index (κ1) is 18.4. The Balaban J connectivity index is 3.47. The van der Waals surface area contributed by atoms with E-state index in [2.05, 4.69) is 39.7 Å². The SMILES string of the molecule is CCCCCCCCCC[Si](C)(C)O[Si](C)(C)C. The third-order valence-corrected chi connectivity index (χ3v) is 9.43. The maximum absolute atomic E-state index is 6.36. The Morgan fingerprint density at radius 2 is 1.11 bits per heavy atom. The van der Waals surface area contributed by atoms with Gasteiger partial charge in [-0.05, 0) is 38.8 Å². The Hall–Kier alpha value is 0.394. The van der Waals surface area contributed by atoms with Gasteiger partial charge in [-0.2, -0.15) is 0 Å². The van der Waals surface area contributed by atoms with Crippen LogP contribution in [0.3, 0.4) is 0 Å². The molecule has 0 heterocycles. The Labute approximate surface area is 118 Å². The lowest BCUT2D eigenvalue weighted by Gasteiger charge is -2.31. The molecule has 0 aromatic carbocycles. The molecule has 0 aliphatic heterocycles. The zero-order chi connectivity index (χ0) is 14.1. The van der Waals surface area contributed by atoms with E-state index in [1.54, 1.807) is 0 Å². The molecule has 0 fully saturated rings. The molecule has 0 saturated heterocycles. The van der Waals surface area contributed by atoms with Crippen LogP contribution in [0.5, 0.6) is 0 Å². The average Bonchev–Trinajstić information content (AvgIpc) is 2.18. The van der Waals surface area contributed by atoms with Gasteiger partial charge in [-0.1, -0.05) is 58.3 Å². The molecule has 1 nitrogen and oxygen atoms in total. The van der Waals surface area contributed by atoms with Gasteiger partial charge in [0.2, 0.25) is 0 Å². The highest BCUT2D eigenvalue weighted by Gasteiger charge is 2.28. The van der Waals surface area contributed by atoms with Gasteiger partial charge in [0.05, 0.1) is 0 Å². The van der Waals surface area contributed by atoms with Gasteiger partial charge >= 0.3 is 0 Å². The lowest BCUT2D eigenvalue weighted by atomic mass is 10.1. The van der Waals surface area contributed by atoms with Gasteiger partial charge in [-0.15, -0.1) is 0 Å². The van der Waals surface area contributed by atoms with E-state index in [9.17, 15) is 0 Å². The van der Waals surface area contributed by atoms with Gasteiger partial charge in [0, 0.05) is 0 Å². The van der Waals surface area contributed by atoms with Crippen molar-refractivity contribution in [2.24, 2.45) is 0 Å². The lowest BCUT2D eigenvalue weighted by Crippen LogP contribution is -2.42. The van der Waals surface area contributed by atoms with Crippen molar-refractivity contribution in [2.75, 3.05) is 0 Å². The third kappa shape index (κ3) is 12.8. The Morgan fingerprint density at radius 3 is 1.56 bits per heavy atom. The molecule has 0 aromatic rings. The first-order valence-corrected chi connectivity index (χ1v) is 14.5. The van der Waals surface area contributed by atoms with Gasteiger partial charge in [0.1, 0.15) is 0 Å². The minimum atomic E-state index is -1.36. The van der Waals surface area contributed by atoms with E-state index < -0.39 is 16.6 Å². The number of rotatable bonds is 11. The molecule has 0 bridgehead atoms. The summed E-state index contributed by atoms with van der Waals surface area (Å²) in [6.07, 6.45) is 11.3. The minimum absolute atomic E-state index is 1.32. The number of unbranched alkanes of at least 4 members (excludes halogenated alkanes) is 7. The summed E-state index contributed by atoms with van der Waals surface area (Å²) in [6, 6.07) is 1.35. The van der Waals surface area contributed by atoms with E-state index in [-0.39, 0.29) is 0 Å². The fourth-order valence-electron chi connectivity index (χ4n) is 2.56. The molecular weight excluding hydrogens is 252 g/mol. The number of hydrogen-bond acceptors (Lipinski definition) is 1. The summed E-state index contributed by atoms with van der Waals surface area (Å²) in [5.74, 6) is 0. The van der Waals surface area contributed by atoms with Crippen LogP contribution in [0.2, 0.25) is 38.8 Å². The smallest absolute Gasteiger partial charge is 0.173 e. The molecule has 0 aliphatic carbocycles. The first-order chi connectivity index (χ1) is 8.27. The average molecular weight is 289 g/mol. The molecule has 0 rings (SSSR count). The minimum Gasteiger partial charge on any atom is -0.456 e. The topological polar surface area (TPSA) is 9.23 Å². The third-order valence-electron chi connectivity index (χ3n) is 3.21. The molecule has 0 aromatic heterocycles. The van der Waals surface area contributed by atoms with E-state index >= 15 is 0 Å². The van der Waals surface area contributed by atoms with E-state index in [0.717, 1.165) is 0 Å². The van der Waals surface area contributed by atoms with Gasteiger partial charge in [-0.25, -0.2) is 0 Å². The second-order valence-corrected chi connectivity index (χ2v) is 16.3. The fraction of sp³-hybridized carbons (Fsp3) is 1.00. The van der Waals surface area contributed by atoms with E-state index in [1.165, 1.54) is 57.4 Å². The summed E-state index contributed by atoms with van der Waals surface area (Å²) in [7, 11) is -2.68. The molecular formula is C15H36OSi2. The van der Waals surface area contributed by atoms with E-state index in [0.29, 0.717) is 0 Å². The molecule has 0 radical (unpaired) electrons. The molecule has 0 saturated carbocycles. The summed E-state index contributed by atoms with van der Waals surface area (Å²) in [6.45, 7) is 14.0. The monoisotopic (exact) mass is 288 g/mol. The van der Waals surface area contributed by atoms with Crippen LogP contribution in [0.4, 0.5) is 0 Å². The standard InChI is InChI=1S/C15H36OSi2/c1-7-8-9-10-11-12-13-14-15-18(5,6)16-17(2,3)4/h7-15H2,1-6H3. The van der Waals surface area contributed by atoms with Crippen LogP contribution in [-0.4, -0.2) is 16.6 Å². The second kappa shape index (κ2) is 9.32. The fourth-order valence-corrected chi connectivity index (χ4v) is 10.7.